The number of nitrogens with zero attached hydrogens (tertiary/aromatic N) is 5. The van der Waals surface area contributed by atoms with Crippen LogP contribution < -0.4 is 4.90 Å². The van der Waals surface area contributed by atoms with Gasteiger partial charge in [0.1, 0.15) is 5.69 Å². The molecule has 7 heteroatoms. The lowest BCUT2D eigenvalue weighted by Gasteiger charge is -2.23. The number of aromatic nitrogens is 2. The third kappa shape index (κ3) is 3.82. The van der Waals surface area contributed by atoms with Crippen LogP contribution in [0.5, 0.6) is 0 Å². The zero-order chi connectivity index (χ0) is 18.0. The van der Waals surface area contributed by atoms with Gasteiger partial charge in [0.05, 0.1) is 4.92 Å². The highest BCUT2D eigenvalue weighted by atomic mass is 16.6. The van der Waals surface area contributed by atoms with Crippen molar-refractivity contribution in [1.82, 2.24) is 14.7 Å². The van der Waals surface area contributed by atoms with Gasteiger partial charge in [-0.3, -0.25) is 15.0 Å². The van der Waals surface area contributed by atoms with Gasteiger partial charge in [0.15, 0.2) is 0 Å². The summed E-state index contributed by atoms with van der Waals surface area (Å²) < 4.78 is 1.62. The van der Waals surface area contributed by atoms with Gasteiger partial charge in [0.2, 0.25) is 5.82 Å². The molecule has 2 heterocycles. The summed E-state index contributed by atoms with van der Waals surface area (Å²) in [5.74, 6) is 1.09. The minimum Gasteiger partial charge on any atom is -0.354 e. The van der Waals surface area contributed by atoms with Crippen molar-refractivity contribution in [3.05, 3.63) is 51.7 Å². The summed E-state index contributed by atoms with van der Waals surface area (Å²) >= 11 is 0. The standard InChI is InChI=1S/C18H25N5O2/c1-14-17(23(24)25)18(21(3)19-14)20(2)11-16-9-10-22(13-16)12-15-7-5-4-6-8-15/h4-8,16H,9-13H2,1-3H3/t16-/m0/s1. The molecule has 0 N–H and O–H groups in total. The molecular formula is C18H25N5O2. The summed E-state index contributed by atoms with van der Waals surface area (Å²) in [4.78, 5) is 15.5. The predicted octanol–water partition coefficient (Wildman–Crippen LogP) is 2.60. The van der Waals surface area contributed by atoms with Crippen molar-refractivity contribution >= 4 is 11.5 Å². The molecule has 0 radical (unpaired) electrons. The number of hydrogen-bond donors (Lipinski definition) is 0. The Balaban J connectivity index is 1.63. The predicted molar refractivity (Wildman–Crippen MR) is 97.7 cm³/mol. The fourth-order valence-electron chi connectivity index (χ4n) is 3.80. The highest BCUT2D eigenvalue weighted by Crippen LogP contribution is 2.31. The number of rotatable bonds is 6. The van der Waals surface area contributed by atoms with Crippen molar-refractivity contribution < 1.29 is 4.92 Å². The fourth-order valence-corrected chi connectivity index (χ4v) is 3.80. The van der Waals surface area contributed by atoms with Crippen molar-refractivity contribution in [2.45, 2.75) is 19.9 Å². The van der Waals surface area contributed by atoms with Gasteiger partial charge < -0.3 is 4.90 Å². The number of nitro groups is 1. The highest BCUT2D eigenvalue weighted by molar-refractivity contribution is 5.60. The van der Waals surface area contributed by atoms with Crippen LogP contribution in [0.2, 0.25) is 0 Å². The van der Waals surface area contributed by atoms with Crippen molar-refractivity contribution in [3.63, 3.8) is 0 Å². The van der Waals surface area contributed by atoms with Crippen LogP contribution in [0.1, 0.15) is 17.7 Å². The largest absolute Gasteiger partial charge is 0.354 e. The Bertz CT molecular complexity index is 743. The smallest absolute Gasteiger partial charge is 0.333 e. The van der Waals surface area contributed by atoms with E-state index >= 15 is 0 Å². The van der Waals surface area contributed by atoms with Crippen LogP contribution in [-0.4, -0.2) is 46.3 Å². The van der Waals surface area contributed by atoms with Crippen LogP contribution in [-0.2, 0) is 13.6 Å². The molecule has 134 valence electrons. The van der Waals surface area contributed by atoms with E-state index in [1.807, 2.05) is 18.0 Å². The monoisotopic (exact) mass is 343 g/mol. The van der Waals surface area contributed by atoms with Gasteiger partial charge in [-0.1, -0.05) is 30.3 Å². The van der Waals surface area contributed by atoms with E-state index in [4.69, 9.17) is 0 Å². The molecule has 0 amide bonds. The number of hydrogen-bond acceptors (Lipinski definition) is 5. The normalized spacial score (nSPS) is 17.8. The van der Waals surface area contributed by atoms with E-state index in [-0.39, 0.29) is 10.6 Å². The van der Waals surface area contributed by atoms with Crippen LogP contribution in [0.15, 0.2) is 30.3 Å². The molecule has 0 bridgehead atoms. The topological polar surface area (TPSA) is 67.4 Å². The molecule has 2 aromatic rings. The van der Waals surface area contributed by atoms with Crippen molar-refractivity contribution in [3.8, 4) is 0 Å². The van der Waals surface area contributed by atoms with Crippen LogP contribution in [0.4, 0.5) is 11.5 Å². The number of anilines is 1. The molecule has 1 fully saturated rings. The lowest BCUT2D eigenvalue weighted by Crippen LogP contribution is -2.29. The average Bonchev–Trinajstić information content (AvgIpc) is 3.11. The first-order chi connectivity index (χ1) is 12.0. The van der Waals surface area contributed by atoms with Gasteiger partial charge in [0, 0.05) is 33.7 Å². The van der Waals surface area contributed by atoms with Crippen LogP contribution in [0.25, 0.3) is 0 Å². The summed E-state index contributed by atoms with van der Waals surface area (Å²) in [5, 5.41) is 15.6. The fraction of sp³-hybridized carbons (Fsp3) is 0.500. The van der Waals surface area contributed by atoms with Gasteiger partial charge in [-0.05, 0) is 31.4 Å². The van der Waals surface area contributed by atoms with E-state index < -0.39 is 0 Å². The number of benzene rings is 1. The molecule has 7 nitrogen and oxygen atoms in total. The van der Waals surface area contributed by atoms with Crippen molar-refractivity contribution in [2.75, 3.05) is 31.6 Å². The zero-order valence-electron chi connectivity index (χ0n) is 15.1. The number of likely N-dealkylation sites (tertiary alicyclic amines) is 1. The lowest BCUT2D eigenvalue weighted by atomic mass is 10.1. The minimum absolute atomic E-state index is 0.115. The Kier molecular flexibility index (Phi) is 5.03. The second kappa shape index (κ2) is 7.23. The highest BCUT2D eigenvalue weighted by Gasteiger charge is 2.30. The summed E-state index contributed by atoms with van der Waals surface area (Å²) in [7, 11) is 3.69. The van der Waals surface area contributed by atoms with Crippen molar-refractivity contribution in [2.24, 2.45) is 13.0 Å². The van der Waals surface area contributed by atoms with Crippen LogP contribution >= 0.6 is 0 Å². The van der Waals surface area contributed by atoms with Gasteiger partial charge in [-0.25, -0.2) is 4.68 Å². The molecule has 1 saturated heterocycles. The third-order valence-electron chi connectivity index (χ3n) is 4.86. The van der Waals surface area contributed by atoms with E-state index in [0.717, 1.165) is 32.6 Å². The SMILES string of the molecule is Cc1nn(C)c(N(C)C[C@@H]2CCN(Cc3ccccc3)C2)c1[N+](=O)[O-]. The van der Waals surface area contributed by atoms with Gasteiger partial charge in [-0.15, -0.1) is 0 Å². The molecule has 1 aromatic heterocycles. The first-order valence-electron chi connectivity index (χ1n) is 8.61. The number of aryl methyl sites for hydroxylation is 2. The van der Waals surface area contributed by atoms with Gasteiger partial charge in [-0.2, -0.15) is 5.10 Å². The van der Waals surface area contributed by atoms with Crippen LogP contribution in [0, 0.1) is 23.0 Å². The molecular weight excluding hydrogens is 318 g/mol. The third-order valence-corrected chi connectivity index (χ3v) is 4.86. The maximum absolute atomic E-state index is 11.4. The van der Waals surface area contributed by atoms with E-state index in [1.54, 1.807) is 18.7 Å². The minimum atomic E-state index is -0.329. The second-order valence-corrected chi connectivity index (χ2v) is 6.89. The maximum atomic E-state index is 11.4. The van der Waals surface area contributed by atoms with E-state index in [9.17, 15) is 10.1 Å². The van der Waals surface area contributed by atoms with Crippen molar-refractivity contribution in [1.29, 1.82) is 0 Å². The Morgan fingerprint density at radius 1 is 1.36 bits per heavy atom. The lowest BCUT2D eigenvalue weighted by molar-refractivity contribution is -0.384. The van der Waals surface area contributed by atoms with E-state index in [1.165, 1.54) is 5.56 Å². The van der Waals surface area contributed by atoms with Crippen LogP contribution in [0.3, 0.4) is 0 Å². The average molecular weight is 343 g/mol. The Hall–Kier alpha value is -2.41. The molecule has 1 atom stereocenters. The molecule has 0 aliphatic carbocycles. The Morgan fingerprint density at radius 2 is 2.08 bits per heavy atom. The molecule has 0 saturated carbocycles. The summed E-state index contributed by atoms with van der Waals surface area (Å²) in [5.41, 5.74) is 1.91. The van der Waals surface area contributed by atoms with Gasteiger partial charge in [0.25, 0.3) is 0 Å². The summed E-state index contributed by atoms with van der Waals surface area (Å²) in [6, 6.07) is 10.5. The van der Waals surface area contributed by atoms with E-state index in [2.05, 4.69) is 34.3 Å². The van der Waals surface area contributed by atoms with E-state index in [0.29, 0.717) is 17.4 Å². The molecule has 3 rings (SSSR count). The molecule has 25 heavy (non-hydrogen) atoms. The zero-order valence-corrected chi connectivity index (χ0v) is 15.1. The molecule has 1 aromatic carbocycles. The first-order valence-corrected chi connectivity index (χ1v) is 8.61. The quantitative estimate of drug-likeness (QED) is 0.596. The molecule has 0 unspecified atom stereocenters. The van der Waals surface area contributed by atoms with Gasteiger partial charge >= 0.3 is 5.69 Å². The second-order valence-electron chi connectivity index (χ2n) is 6.89. The maximum Gasteiger partial charge on any atom is 0.333 e. The Labute approximate surface area is 148 Å². The first kappa shape index (κ1) is 17.4. The summed E-state index contributed by atoms with van der Waals surface area (Å²) in [6.45, 7) is 5.54. The summed E-state index contributed by atoms with van der Waals surface area (Å²) in [6.07, 6.45) is 1.11. The molecule has 1 aliphatic heterocycles. The molecule has 1 aliphatic rings. The molecule has 0 spiro atoms. The Morgan fingerprint density at radius 3 is 2.76 bits per heavy atom.